The van der Waals surface area contributed by atoms with Crippen LogP contribution in [0.3, 0.4) is 0 Å². The topological polar surface area (TPSA) is 81.7 Å². The summed E-state index contributed by atoms with van der Waals surface area (Å²) in [6.07, 6.45) is 0. The molecule has 6 nitrogen and oxygen atoms in total. The molecule has 0 saturated heterocycles. The maximum Gasteiger partial charge on any atom is 0.251 e. The molecule has 0 bridgehead atoms. The van der Waals surface area contributed by atoms with Crippen LogP contribution in [0.4, 0.5) is 4.39 Å². The highest BCUT2D eigenvalue weighted by molar-refractivity contribution is 7.91. The summed E-state index contributed by atoms with van der Waals surface area (Å²) in [5.74, 6) is -0.144. The number of benzene rings is 3. The van der Waals surface area contributed by atoms with Crippen LogP contribution < -0.4 is 14.8 Å². The van der Waals surface area contributed by atoms with Gasteiger partial charge in [0, 0.05) is 18.2 Å². The third kappa shape index (κ3) is 5.21. The van der Waals surface area contributed by atoms with Gasteiger partial charge in [-0.2, -0.15) is 0 Å². The fourth-order valence-electron chi connectivity index (χ4n) is 3.09. The van der Waals surface area contributed by atoms with Crippen LogP contribution in [-0.2, 0) is 9.84 Å². The number of methoxy groups -OCH3 is 2. The van der Waals surface area contributed by atoms with Crippen molar-refractivity contribution < 1.29 is 27.1 Å². The molecule has 8 heteroatoms. The lowest BCUT2D eigenvalue weighted by molar-refractivity contribution is 0.0953. The van der Waals surface area contributed by atoms with Gasteiger partial charge in [0.15, 0.2) is 9.84 Å². The van der Waals surface area contributed by atoms with Crippen molar-refractivity contribution in [2.24, 2.45) is 0 Å². The first-order valence-corrected chi connectivity index (χ1v) is 11.0. The van der Waals surface area contributed by atoms with E-state index in [4.69, 9.17) is 9.47 Å². The van der Waals surface area contributed by atoms with E-state index in [1.54, 1.807) is 36.4 Å². The number of hydrogen-bond acceptors (Lipinski definition) is 5. The highest BCUT2D eigenvalue weighted by atomic mass is 32.2. The van der Waals surface area contributed by atoms with E-state index in [0.717, 1.165) is 12.1 Å². The summed E-state index contributed by atoms with van der Waals surface area (Å²) in [5.41, 5.74) is 0.775. The van der Waals surface area contributed by atoms with Gasteiger partial charge < -0.3 is 14.8 Å². The monoisotopic (exact) mass is 443 g/mol. The first kappa shape index (κ1) is 22.3. The third-order valence-corrected chi connectivity index (χ3v) is 6.87. The molecule has 0 aromatic heterocycles. The van der Waals surface area contributed by atoms with Crippen LogP contribution in [0.15, 0.2) is 77.7 Å². The Morgan fingerprint density at radius 3 is 2.06 bits per heavy atom. The zero-order valence-electron chi connectivity index (χ0n) is 17.0. The van der Waals surface area contributed by atoms with E-state index in [-0.39, 0.29) is 17.0 Å². The minimum atomic E-state index is -3.91. The Morgan fingerprint density at radius 2 is 1.52 bits per heavy atom. The summed E-state index contributed by atoms with van der Waals surface area (Å²) in [4.78, 5) is 12.7. The molecule has 1 unspecified atom stereocenters. The molecule has 3 rings (SSSR count). The Balaban J connectivity index is 1.90. The highest BCUT2D eigenvalue weighted by Gasteiger charge is 2.29. The minimum Gasteiger partial charge on any atom is -0.497 e. The van der Waals surface area contributed by atoms with Gasteiger partial charge in [-0.05, 0) is 42.0 Å². The lowest BCUT2D eigenvalue weighted by Crippen LogP contribution is -2.32. The molecule has 1 amide bonds. The van der Waals surface area contributed by atoms with Gasteiger partial charge in [-0.25, -0.2) is 12.8 Å². The molecule has 31 heavy (non-hydrogen) atoms. The van der Waals surface area contributed by atoms with Gasteiger partial charge in [-0.15, -0.1) is 0 Å². The number of carbonyl (C=O) groups excluding carboxylic acids is 1. The zero-order valence-corrected chi connectivity index (χ0v) is 17.9. The van der Waals surface area contributed by atoms with Crippen molar-refractivity contribution in [3.8, 4) is 11.5 Å². The van der Waals surface area contributed by atoms with Gasteiger partial charge >= 0.3 is 0 Å². The lowest BCUT2D eigenvalue weighted by atomic mass is 10.1. The van der Waals surface area contributed by atoms with Crippen LogP contribution in [-0.4, -0.2) is 35.1 Å². The van der Waals surface area contributed by atoms with Crippen molar-refractivity contribution in [2.45, 2.75) is 10.1 Å². The highest BCUT2D eigenvalue weighted by Crippen LogP contribution is 2.29. The standard InChI is InChI=1S/C23H22FNO5S/c1-29-19-12-17(13-20(14-19)30-2)23(26)25-15-22(16-6-4-3-5-7-16)31(27,28)21-10-8-18(24)9-11-21/h3-14,22H,15H2,1-2H3,(H,25,26). The minimum absolute atomic E-state index is 0.0277. The predicted octanol–water partition coefficient (Wildman–Crippen LogP) is 3.79. The Bertz CT molecular complexity index is 1130. The summed E-state index contributed by atoms with van der Waals surface area (Å²) >= 11 is 0. The second-order valence-corrected chi connectivity index (χ2v) is 8.84. The van der Waals surface area contributed by atoms with Gasteiger partial charge in [0.25, 0.3) is 5.91 Å². The number of rotatable bonds is 8. The molecule has 0 heterocycles. The molecule has 0 spiro atoms. The van der Waals surface area contributed by atoms with Crippen LogP contribution >= 0.6 is 0 Å². The van der Waals surface area contributed by atoms with Gasteiger partial charge in [0.1, 0.15) is 22.6 Å². The SMILES string of the molecule is COc1cc(OC)cc(C(=O)NCC(c2ccccc2)S(=O)(=O)c2ccc(F)cc2)c1. The molecular weight excluding hydrogens is 421 g/mol. The van der Waals surface area contributed by atoms with Crippen LogP contribution in [0.5, 0.6) is 11.5 Å². The Labute approximate surface area is 180 Å². The van der Waals surface area contributed by atoms with Crippen molar-refractivity contribution >= 4 is 15.7 Å². The number of ether oxygens (including phenoxy) is 2. The molecular formula is C23H22FNO5S. The Kier molecular flexibility index (Phi) is 6.91. The first-order chi connectivity index (χ1) is 14.8. The third-order valence-electron chi connectivity index (χ3n) is 4.75. The van der Waals surface area contributed by atoms with Crippen molar-refractivity contribution in [1.82, 2.24) is 5.32 Å². The Morgan fingerprint density at radius 1 is 0.935 bits per heavy atom. The average Bonchev–Trinajstić information content (AvgIpc) is 2.79. The van der Waals surface area contributed by atoms with E-state index in [1.165, 1.54) is 38.5 Å². The van der Waals surface area contributed by atoms with Gasteiger partial charge in [-0.3, -0.25) is 4.79 Å². The average molecular weight is 443 g/mol. The molecule has 0 saturated carbocycles. The molecule has 1 N–H and O–H groups in total. The number of amides is 1. The van der Waals surface area contributed by atoms with E-state index in [9.17, 15) is 17.6 Å². The van der Waals surface area contributed by atoms with E-state index in [1.807, 2.05) is 0 Å². The van der Waals surface area contributed by atoms with Crippen LogP contribution in [0.1, 0.15) is 21.2 Å². The van der Waals surface area contributed by atoms with Crippen LogP contribution in [0.25, 0.3) is 0 Å². The van der Waals surface area contributed by atoms with Crippen molar-refractivity contribution in [3.63, 3.8) is 0 Å². The fourth-order valence-corrected chi connectivity index (χ4v) is 4.75. The molecule has 0 fully saturated rings. The molecule has 1 atom stereocenters. The van der Waals surface area contributed by atoms with Gasteiger partial charge in [-0.1, -0.05) is 30.3 Å². The van der Waals surface area contributed by atoms with E-state index in [2.05, 4.69) is 5.32 Å². The summed E-state index contributed by atoms with van der Waals surface area (Å²) in [6.45, 7) is -0.178. The zero-order chi connectivity index (χ0) is 22.4. The molecule has 3 aromatic carbocycles. The number of hydrogen-bond donors (Lipinski definition) is 1. The molecule has 3 aromatic rings. The van der Waals surface area contributed by atoms with Crippen LogP contribution in [0.2, 0.25) is 0 Å². The largest absolute Gasteiger partial charge is 0.497 e. The number of halogens is 1. The molecule has 162 valence electrons. The summed E-state index contributed by atoms with van der Waals surface area (Å²) in [6, 6.07) is 17.9. The molecule has 0 aliphatic carbocycles. The molecule has 0 aliphatic heterocycles. The first-order valence-electron chi connectivity index (χ1n) is 9.41. The molecule has 0 aliphatic rings. The van der Waals surface area contributed by atoms with Crippen molar-refractivity contribution in [3.05, 3.63) is 89.7 Å². The van der Waals surface area contributed by atoms with E-state index in [0.29, 0.717) is 17.1 Å². The summed E-state index contributed by atoms with van der Waals surface area (Å²) in [5, 5.41) is 1.62. The van der Waals surface area contributed by atoms with Crippen molar-refractivity contribution in [2.75, 3.05) is 20.8 Å². The second-order valence-electron chi connectivity index (χ2n) is 6.71. The number of carbonyl (C=O) groups is 1. The summed E-state index contributed by atoms with van der Waals surface area (Å²) in [7, 11) is -0.966. The van der Waals surface area contributed by atoms with Gasteiger partial charge in [0.05, 0.1) is 19.1 Å². The Hall–Kier alpha value is -3.39. The maximum atomic E-state index is 13.3. The summed E-state index contributed by atoms with van der Waals surface area (Å²) < 4.78 is 50.2. The van der Waals surface area contributed by atoms with Crippen molar-refractivity contribution in [1.29, 1.82) is 0 Å². The number of sulfone groups is 1. The quantitative estimate of drug-likeness (QED) is 0.536. The van der Waals surface area contributed by atoms with Gasteiger partial charge in [0.2, 0.25) is 0 Å². The number of nitrogens with one attached hydrogen (secondary N) is 1. The van der Waals surface area contributed by atoms with Crippen LogP contribution in [0, 0.1) is 5.82 Å². The normalized spacial score (nSPS) is 12.1. The lowest BCUT2D eigenvalue weighted by Gasteiger charge is -2.19. The second kappa shape index (κ2) is 9.61. The molecule has 0 radical (unpaired) electrons. The predicted molar refractivity (Wildman–Crippen MR) is 115 cm³/mol. The van der Waals surface area contributed by atoms with E-state index < -0.39 is 26.8 Å². The maximum absolute atomic E-state index is 13.3. The smallest absolute Gasteiger partial charge is 0.251 e. The van der Waals surface area contributed by atoms with E-state index >= 15 is 0 Å². The fraction of sp³-hybridized carbons (Fsp3) is 0.174.